The van der Waals surface area contributed by atoms with Gasteiger partial charge in [-0.1, -0.05) is 26.7 Å². The molecule has 0 bridgehead atoms. The molecule has 2 nitrogen and oxygen atoms in total. The summed E-state index contributed by atoms with van der Waals surface area (Å²) in [6, 6.07) is 0. The fourth-order valence-corrected chi connectivity index (χ4v) is 0.362. The summed E-state index contributed by atoms with van der Waals surface area (Å²) in [5.74, 6) is 0. The van der Waals surface area contributed by atoms with Crippen LogP contribution < -0.4 is 5.73 Å². The van der Waals surface area contributed by atoms with Crippen LogP contribution in [0.1, 0.15) is 39.5 Å². The fourth-order valence-electron chi connectivity index (χ4n) is 0.362. The highest BCUT2D eigenvalue weighted by atomic mass is 16.2. The number of hydrogen-bond acceptors (Lipinski definition) is 2. The third kappa shape index (κ3) is 24.7. The summed E-state index contributed by atoms with van der Waals surface area (Å²) in [4.78, 5) is 0. The molecule has 0 saturated heterocycles. The summed E-state index contributed by atoms with van der Waals surface area (Å²) >= 11 is 0. The van der Waals surface area contributed by atoms with E-state index < -0.39 is 0 Å². The van der Waals surface area contributed by atoms with E-state index in [1.165, 1.54) is 12.8 Å². The first-order chi connectivity index (χ1) is 4.83. The van der Waals surface area contributed by atoms with Gasteiger partial charge in [0.05, 0.1) is 0 Å². The molecule has 64 valence electrons. The SMILES string of the molecule is CCCCN.CCCCO. The van der Waals surface area contributed by atoms with Crippen molar-refractivity contribution < 1.29 is 5.11 Å². The Labute approximate surface area is 64.4 Å². The van der Waals surface area contributed by atoms with Gasteiger partial charge in [0.25, 0.3) is 0 Å². The number of nitrogens with two attached hydrogens (primary N) is 1. The van der Waals surface area contributed by atoms with Crippen molar-refractivity contribution in [2.45, 2.75) is 39.5 Å². The van der Waals surface area contributed by atoms with Crippen LogP contribution >= 0.6 is 0 Å². The van der Waals surface area contributed by atoms with Gasteiger partial charge in [-0.05, 0) is 19.4 Å². The van der Waals surface area contributed by atoms with Gasteiger partial charge in [-0.2, -0.15) is 0 Å². The van der Waals surface area contributed by atoms with Gasteiger partial charge in [0, 0.05) is 6.61 Å². The lowest BCUT2D eigenvalue weighted by molar-refractivity contribution is 0.287. The molecule has 10 heavy (non-hydrogen) atoms. The molecule has 0 aliphatic rings. The van der Waals surface area contributed by atoms with Crippen LogP contribution in [-0.4, -0.2) is 18.3 Å². The van der Waals surface area contributed by atoms with Crippen LogP contribution in [0.2, 0.25) is 0 Å². The molecular formula is C8H21NO. The van der Waals surface area contributed by atoms with Crippen LogP contribution in [0.5, 0.6) is 0 Å². The van der Waals surface area contributed by atoms with E-state index >= 15 is 0 Å². The van der Waals surface area contributed by atoms with Crippen LogP contribution in [0, 0.1) is 0 Å². The molecule has 0 amide bonds. The van der Waals surface area contributed by atoms with Gasteiger partial charge >= 0.3 is 0 Å². The summed E-state index contributed by atoms with van der Waals surface area (Å²) < 4.78 is 0. The molecule has 0 spiro atoms. The first-order valence-electron chi connectivity index (χ1n) is 4.14. The normalized spacial score (nSPS) is 8.40. The number of aliphatic hydroxyl groups excluding tert-OH is 1. The van der Waals surface area contributed by atoms with E-state index in [2.05, 4.69) is 13.8 Å². The Morgan fingerprint density at radius 2 is 1.60 bits per heavy atom. The zero-order valence-electron chi connectivity index (χ0n) is 7.27. The first-order valence-corrected chi connectivity index (χ1v) is 4.14. The quantitative estimate of drug-likeness (QED) is 0.633. The predicted molar refractivity (Wildman–Crippen MR) is 46.0 cm³/mol. The number of rotatable bonds is 4. The van der Waals surface area contributed by atoms with Crippen molar-refractivity contribution >= 4 is 0 Å². The van der Waals surface area contributed by atoms with Crippen molar-refractivity contribution in [2.75, 3.05) is 13.2 Å². The average molecular weight is 147 g/mol. The van der Waals surface area contributed by atoms with Gasteiger partial charge < -0.3 is 10.8 Å². The van der Waals surface area contributed by atoms with E-state index in [9.17, 15) is 0 Å². The van der Waals surface area contributed by atoms with Crippen molar-refractivity contribution in [3.63, 3.8) is 0 Å². The Morgan fingerprint density at radius 3 is 1.60 bits per heavy atom. The largest absolute Gasteiger partial charge is 0.396 e. The Morgan fingerprint density at radius 1 is 1.10 bits per heavy atom. The molecule has 0 atom stereocenters. The van der Waals surface area contributed by atoms with Crippen molar-refractivity contribution in [1.29, 1.82) is 0 Å². The second kappa shape index (κ2) is 16.0. The fraction of sp³-hybridized carbons (Fsp3) is 1.00. The third-order valence-electron chi connectivity index (χ3n) is 1.07. The summed E-state index contributed by atoms with van der Waals surface area (Å²) in [5, 5.41) is 8.07. The van der Waals surface area contributed by atoms with Crippen LogP contribution in [0.3, 0.4) is 0 Å². The van der Waals surface area contributed by atoms with Gasteiger partial charge in [-0.15, -0.1) is 0 Å². The van der Waals surface area contributed by atoms with Gasteiger partial charge in [0.1, 0.15) is 0 Å². The lowest BCUT2D eigenvalue weighted by Crippen LogP contribution is -1.95. The highest BCUT2D eigenvalue weighted by molar-refractivity contribution is 4.29. The predicted octanol–water partition coefficient (Wildman–Crippen LogP) is 1.52. The average Bonchev–Trinajstić information content (AvgIpc) is 1.93. The van der Waals surface area contributed by atoms with Crippen LogP contribution in [-0.2, 0) is 0 Å². The molecule has 0 aromatic heterocycles. The molecule has 0 heterocycles. The summed E-state index contributed by atoms with van der Waals surface area (Å²) in [7, 11) is 0. The molecule has 2 heteroatoms. The number of aliphatic hydroxyl groups is 1. The van der Waals surface area contributed by atoms with Crippen LogP contribution in [0.25, 0.3) is 0 Å². The molecule has 0 saturated carbocycles. The van der Waals surface area contributed by atoms with Crippen LogP contribution in [0.4, 0.5) is 0 Å². The maximum atomic E-state index is 8.07. The minimum atomic E-state index is 0.344. The van der Waals surface area contributed by atoms with E-state index in [4.69, 9.17) is 10.8 Å². The second-order valence-electron chi connectivity index (χ2n) is 2.22. The molecule has 3 N–H and O–H groups in total. The monoisotopic (exact) mass is 147 g/mol. The van der Waals surface area contributed by atoms with E-state index in [0.717, 1.165) is 19.4 Å². The molecule has 0 aromatic carbocycles. The molecule has 0 aromatic rings. The molecule has 0 aliphatic heterocycles. The minimum absolute atomic E-state index is 0.344. The third-order valence-corrected chi connectivity index (χ3v) is 1.07. The highest BCUT2D eigenvalue weighted by Crippen LogP contribution is 1.79. The molecule has 0 rings (SSSR count). The first kappa shape index (κ1) is 12.6. The lowest BCUT2D eigenvalue weighted by atomic mass is 10.3. The zero-order chi connectivity index (χ0) is 8.24. The molecular weight excluding hydrogens is 126 g/mol. The molecule has 0 radical (unpaired) electrons. The Bertz CT molecular complexity index is 30.2. The van der Waals surface area contributed by atoms with Crippen molar-refractivity contribution in [3.05, 3.63) is 0 Å². The van der Waals surface area contributed by atoms with Crippen molar-refractivity contribution in [1.82, 2.24) is 0 Å². The van der Waals surface area contributed by atoms with E-state index in [0.29, 0.717) is 6.61 Å². The highest BCUT2D eigenvalue weighted by Gasteiger charge is 1.69. The van der Waals surface area contributed by atoms with Crippen molar-refractivity contribution in [3.8, 4) is 0 Å². The maximum Gasteiger partial charge on any atom is 0.0430 e. The van der Waals surface area contributed by atoms with Crippen LogP contribution in [0.15, 0.2) is 0 Å². The van der Waals surface area contributed by atoms with E-state index in [1.54, 1.807) is 0 Å². The van der Waals surface area contributed by atoms with Crippen molar-refractivity contribution in [2.24, 2.45) is 5.73 Å². The number of unbranched alkanes of at least 4 members (excludes halogenated alkanes) is 2. The summed E-state index contributed by atoms with van der Waals surface area (Å²) in [6.45, 7) is 5.37. The Hall–Kier alpha value is -0.0800. The van der Waals surface area contributed by atoms with Gasteiger partial charge in [0.15, 0.2) is 0 Å². The van der Waals surface area contributed by atoms with Gasteiger partial charge in [-0.3, -0.25) is 0 Å². The lowest BCUT2D eigenvalue weighted by Gasteiger charge is -1.80. The molecule has 0 aliphatic carbocycles. The summed E-state index contributed by atoms with van der Waals surface area (Å²) in [5.41, 5.74) is 5.14. The van der Waals surface area contributed by atoms with Gasteiger partial charge in [-0.25, -0.2) is 0 Å². The Balaban J connectivity index is 0. The maximum absolute atomic E-state index is 8.07. The molecule has 0 unspecified atom stereocenters. The second-order valence-corrected chi connectivity index (χ2v) is 2.22. The van der Waals surface area contributed by atoms with E-state index in [1.807, 2.05) is 0 Å². The Kier molecular flexibility index (Phi) is 20.1. The van der Waals surface area contributed by atoms with Gasteiger partial charge in [0.2, 0.25) is 0 Å². The number of hydrogen-bond donors (Lipinski definition) is 2. The zero-order valence-corrected chi connectivity index (χ0v) is 7.27. The standard InChI is InChI=1S/C4H11N.C4H10O/c2*1-2-3-4-5/h2-5H2,1H3;5H,2-4H2,1H3. The minimum Gasteiger partial charge on any atom is -0.396 e. The summed E-state index contributed by atoms with van der Waals surface area (Å²) in [6.07, 6.45) is 4.42. The topological polar surface area (TPSA) is 46.2 Å². The van der Waals surface area contributed by atoms with E-state index in [-0.39, 0.29) is 0 Å². The smallest absolute Gasteiger partial charge is 0.0430 e. The molecule has 0 fully saturated rings.